The number of hydrogen-bond donors (Lipinski definition) is 2. The molecule has 0 bridgehead atoms. The molecule has 0 saturated heterocycles. The predicted octanol–water partition coefficient (Wildman–Crippen LogP) is 1.65. The van der Waals surface area contributed by atoms with Crippen LogP contribution < -0.4 is 5.73 Å². The number of carbonyl (C=O) groups excluding carboxylic acids is 1. The average molecular weight is 274 g/mol. The van der Waals surface area contributed by atoms with Gasteiger partial charge in [-0.3, -0.25) is 0 Å². The lowest BCUT2D eigenvalue weighted by atomic mass is 10.0. The van der Waals surface area contributed by atoms with Crippen LogP contribution in [0.4, 0.5) is 0 Å². The van der Waals surface area contributed by atoms with Crippen molar-refractivity contribution in [1.82, 2.24) is 4.57 Å². The normalized spacial score (nSPS) is 12.2. The van der Waals surface area contributed by atoms with Gasteiger partial charge in [0.15, 0.2) is 0 Å². The van der Waals surface area contributed by atoms with Crippen molar-refractivity contribution in [3.8, 4) is 5.69 Å². The molecular formula is C15H18N2O3. The van der Waals surface area contributed by atoms with E-state index in [1.165, 1.54) is 7.11 Å². The molecule has 20 heavy (non-hydrogen) atoms. The second-order valence-corrected chi connectivity index (χ2v) is 4.51. The largest absolute Gasteiger partial charge is 0.465 e. The molecule has 0 radical (unpaired) electrons. The standard InChI is InChI=1S/C15H18N2O3/c1-20-15(19)12-8-11(14(16)4-7-18)9-13(10-12)17-5-2-3-6-17/h2-3,5-6,8-10,14,18H,4,7,16H2,1H3. The molecule has 5 heteroatoms. The first-order valence-electron chi connectivity index (χ1n) is 6.39. The van der Waals surface area contributed by atoms with Crippen LogP contribution in [0, 0.1) is 0 Å². The minimum atomic E-state index is -0.406. The summed E-state index contributed by atoms with van der Waals surface area (Å²) in [5, 5.41) is 9.00. The van der Waals surface area contributed by atoms with E-state index in [0.717, 1.165) is 11.3 Å². The third-order valence-corrected chi connectivity index (χ3v) is 3.13. The zero-order valence-electron chi connectivity index (χ0n) is 11.3. The van der Waals surface area contributed by atoms with E-state index < -0.39 is 5.97 Å². The number of carbonyl (C=O) groups is 1. The van der Waals surface area contributed by atoms with E-state index in [0.29, 0.717) is 12.0 Å². The number of esters is 1. The van der Waals surface area contributed by atoms with Crippen molar-refractivity contribution < 1.29 is 14.6 Å². The Labute approximate surface area is 117 Å². The van der Waals surface area contributed by atoms with E-state index in [1.54, 1.807) is 12.1 Å². The van der Waals surface area contributed by atoms with E-state index in [-0.39, 0.29) is 12.6 Å². The lowest BCUT2D eigenvalue weighted by Gasteiger charge is -2.14. The molecule has 0 aliphatic heterocycles. The van der Waals surface area contributed by atoms with Crippen molar-refractivity contribution in [2.45, 2.75) is 12.5 Å². The maximum absolute atomic E-state index is 11.7. The topological polar surface area (TPSA) is 77.5 Å². The summed E-state index contributed by atoms with van der Waals surface area (Å²) in [4.78, 5) is 11.7. The Morgan fingerprint density at radius 1 is 1.35 bits per heavy atom. The van der Waals surface area contributed by atoms with Crippen molar-refractivity contribution in [2.24, 2.45) is 5.73 Å². The highest BCUT2D eigenvalue weighted by Gasteiger charge is 2.13. The van der Waals surface area contributed by atoms with Gasteiger partial charge in [-0.05, 0) is 42.3 Å². The highest BCUT2D eigenvalue weighted by Crippen LogP contribution is 2.21. The van der Waals surface area contributed by atoms with Gasteiger partial charge in [0.2, 0.25) is 0 Å². The van der Waals surface area contributed by atoms with E-state index in [9.17, 15) is 4.79 Å². The van der Waals surface area contributed by atoms with E-state index in [1.807, 2.05) is 35.2 Å². The molecule has 0 aliphatic carbocycles. The van der Waals surface area contributed by atoms with Gasteiger partial charge in [-0.25, -0.2) is 4.79 Å². The van der Waals surface area contributed by atoms with Crippen LogP contribution in [0.2, 0.25) is 0 Å². The van der Waals surface area contributed by atoms with Crippen LogP contribution in [0.15, 0.2) is 42.7 Å². The molecule has 1 aromatic carbocycles. The highest BCUT2D eigenvalue weighted by atomic mass is 16.5. The predicted molar refractivity (Wildman–Crippen MR) is 75.7 cm³/mol. The molecule has 1 aromatic heterocycles. The molecule has 0 spiro atoms. The molecule has 0 saturated carbocycles. The third-order valence-electron chi connectivity index (χ3n) is 3.13. The number of aliphatic hydroxyl groups is 1. The van der Waals surface area contributed by atoms with Crippen LogP contribution in [-0.4, -0.2) is 29.4 Å². The average Bonchev–Trinajstić information content (AvgIpc) is 3.00. The monoisotopic (exact) mass is 274 g/mol. The number of nitrogens with zero attached hydrogens (tertiary/aromatic N) is 1. The number of methoxy groups -OCH3 is 1. The Kier molecular flexibility index (Phi) is 4.55. The number of hydrogen-bond acceptors (Lipinski definition) is 4. The Morgan fingerprint density at radius 2 is 2.05 bits per heavy atom. The number of nitrogens with two attached hydrogens (primary N) is 1. The number of benzene rings is 1. The summed E-state index contributed by atoms with van der Waals surface area (Å²) in [7, 11) is 1.35. The Balaban J connectivity index is 2.46. The maximum atomic E-state index is 11.7. The van der Waals surface area contributed by atoms with Gasteiger partial charge in [-0.2, -0.15) is 0 Å². The van der Waals surface area contributed by atoms with Gasteiger partial charge in [-0.1, -0.05) is 0 Å². The fourth-order valence-electron chi connectivity index (χ4n) is 2.05. The van der Waals surface area contributed by atoms with Gasteiger partial charge >= 0.3 is 5.97 Å². The SMILES string of the molecule is COC(=O)c1cc(C(N)CCO)cc(-n2cccc2)c1. The minimum absolute atomic E-state index is 0.00245. The summed E-state index contributed by atoms with van der Waals surface area (Å²) in [6.07, 6.45) is 4.21. The molecule has 1 unspecified atom stereocenters. The lowest BCUT2D eigenvalue weighted by molar-refractivity contribution is 0.0600. The van der Waals surface area contributed by atoms with Gasteiger partial charge in [0.1, 0.15) is 0 Å². The molecule has 5 nitrogen and oxygen atoms in total. The quantitative estimate of drug-likeness (QED) is 0.813. The number of aromatic nitrogens is 1. The van der Waals surface area contributed by atoms with Gasteiger partial charge in [0.25, 0.3) is 0 Å². The smallest absolute Gasteiger partial charge is 0.337 e. The third kappa shape index (κ3) is 3.07. The lowest BCUT2D eigenvalue weighted by Crippen LogP contribution is -2.14. The Bertz CT molecular complexity index is 579. The zero-order chi connectivity index (χ0) is 14.5. The molecular weight excluding hydrogens is 256 g/mol. The van der Waals surface area contributed by atoms with Gasteiger partial charge in [0.05, 0.1) is 12.7 Å². The maximum Gasteiger partial charge on any atom is 0.337 e. The van der Waals surface area contributed by atoms with Gasteiger partial charge < -0.3 is 20.1 Å². The summed E-state index contributed by atoms with van der Waals surface area (Å²) in [5.41, 5.74) is 8.09. The van der Waals surface area contributed by atoms with Crippen LogP contribution >= 0.6 is 0 Å². The molecule has 1 atom stereocenters. The first kappa shape index (κ1) is 14.3. The van der Waals surface area contributed by atoms with E-state index in [4.69, 9.17) is 15.6 Å². The number of aliphatic hydroxyl groups excluding tert-OH is 1. The fraction of sp³-hybridized carbons (Fsp3) is 0.267. The molecule has 0 amide bonds. The Morgan fingerprint density at radius 3 is 2.65 bits per heavy atom. The van der Waals surface area contributed by atoms with Crippen LogP contribution in [0.5, 0.6) is 0 Å². The van der Waals surface area contributed by atoms with Crippen molar-refractivity contribution in [3.63, 3.8) is 0 Å². The summed E-state index contributed by atoms with van der Waals surface area (Å²) >= 11 is 0. The number of rotatable bonds is 5. The molecule has 1 heterocycles. The van der Waals surface area contributed by atoms with Crippen LogP contribution in [-0.2, 0) is 4.74 Å². The molecule has 3 N–H and O–H groups in total. The van der Waals surface area contributed by atoms with Gasteiger partial charge in [0, 0.05) is 30.7 Å². The molecule has 2 aromatic rings. The van der Waals surface area contributed by atoms with Crippen molar-refractivity contribution in [3.05, 3.63) is 53.9 Å². The minimum Gasteiger partial charge on any atom is -0.465 e. The van der Waals surface area contributed by atoms with Crippen molar-refractivity contribution >= 4 is 5.97 Å². The second kappa shape index (κ2) is 6.36. The highest BCUT2D eigenvalue weighted by molar-refractivity contribution is 5.90. The fourth-order valence-corrected chi connectivity index (χ4v) is 2.05. The van der Waals surface area contributed by atoms with Crippen LogP contribution in [0.25, 0.3) is 5.69 Å². The number of ether oxygens (including phenoxy) is 1. The second-order valence-electron chi connectivity index (χ2n) is 4.51. The van der Waals surface area contributed by atoms with Crippen molar-refractivity contribution in [2.75, 3.05) is 13.7 Å². The molecule has 106 valence electrons. The summed E-state index contributed by atoms with van der Waals surface area (Å²) in [5.74, 6) is -0.406. The summed E-state index contributed by atoms with van der Waals surface area (Å²) in [6.45, 7) is 0.00245. The van der Waals surface area contributed by atoms with Crippen LogP contribution in [0.1, 0.15) is 28.4 Å². The van der Waals surface area contributed by atoms with E-state index >= 15 is 0 Å². The molecule has 0 fully saturated rings. The zero-order valence-corrected chi connectivity index (χ0v) is 11.3. The van der Waals surface area contributed by atoms with Crippen molar-refractivity contribution in [1.29, 1.82) is 0 Å². The first-order valence-corrected chi connectivity index (χ1v) is 6.39. The summed E-state index contributed by atoms with van der Waals surface area (Å²) < 4.78 is 6.66. The van der Waals surface area contributed by atoms with Gasteiger partial charge in [-0.15, -0.1) is 0 Å². The Hall–Kier alpha value is -2.11. The van der Waals surface area contributed by atoms with E-state index in [2.05, 4.69) is 0 Å². The van der Waals surface area contributed by atoms with Crippen LogP contribution in [0.3, 0.4) is 0 Å². The molecule has 0 aliphatic rings. The first-order chi connectivity index (χ1) is 9.65. The molecule has 2 rings (SSSR count). The summed E-state index contributed by atoms with van der Waals surface area (Å²) in [6, 6.07) is 8.85.